The molecule has 0 aliphatic rings. The number of hydrogen-bond acceptors (Lipinski definition) is 4. The first-order chi connectivity index (χ1) is 13.0. The predicted octanol–water partition coefficient (Wildman–Crippen LogP) is 3.40. The molecule has 1 heterocycles. The molecular formula is C21H25N5O. The third-order valence-electron chi connectivity index (χ3n) is 4.38. The molecule has 6 heteroatoms. The van der Waals surface area contributed by atoms with Crippen molar-refractivity contribution in [3.8, 4) is 11.4 Å². The van der Waals surface area contributed by atoms with E-state index in [1.807, 2.05) is 36.1 Å². The zero-order chi connectivity index (χ0) is 19.2. The highest BCUT2D eigenvalue weighted by Gasteiger charge is 2.16. The van der Waals surface area contributed by atoms with E-state index in [0.29, 0.717) is 18.9 Å². The zero-order valence-electron chi connectivity index (χ0n) is 16.1. The first kappa shape index (κ1) is 18.8. The molecule has 0 N–H and O–H groups in total. The van der Waals surface area contributed by atoms with Crippen molar-refractivity contribution in [1.82, 2.24) is 25.1 Å². The van der Waals surface area contributed by atoms with Crippen molar-refractivity contribution in [3.05, 3.63) is 65.2 Å². The molecule has 0 unspecified atom stereocenters. The molecule has 0 saturated heterocycles. The normalized spacial score (nSPS) is 10.8. The van der Waals surface area contributed by atoms with Gasteiger partial charge in [0.25, 0.3) is 0 Å². The quantitative estimate of drug-likeness (QED) is 0.645. The van der Waals surface area contributed by atoms with Crippen molar-refractivity contribution < 1.29 is 4.79 Å². The fourth-order valence-electron chi connectivity index (χ4n) is 2.83. The number of amides is 1. The number of carbonyl (C=O) groups excluding carboxylic acids is 1. The molecular weight excluding hydrogens is 338 g/mol. The second-order valence-corrected chi connectivity index (χ2v) is 6.81. The highest BCUT2D eigenvalue weighted by Crippen LogP contribution is 2.14. The summed E-state index contributed by atoms with van der Waals surface area (Å²) in [4.78, 5) is 16.0. The van der Waals surface area contributed by atoms with E-state index in [-0.39, 0.29) is 12.5 Å². The monoisotopic (exact) mass is 363 g/mol. The Morgan fingerprint density at radius 2 is 1.63 bits per heavy atom. The van der Waals surface area contributed by atoms with Crippen molar-refractivity contribution >= 4 is 5.91 Å². The maximum atomic E-state index is 12.8. The Morgan fingerprint density at radius 1 is 1.00 bits per heavy atom. The number of rotatable bonds is 7. The number of tetrazole rings is 1. The highest BCUT2D eigenvalue weighted by molar-refractivity contribution is 5.75. The number of aryl methyl sites for hydroxylation is 2. The van der Waals surface area contributed by atoms with Crippen molar-refractivity contribution in [2.45, 2.75) is 40.3 Å². The van der Waals surface area contributed by atoms with E-state index >= 15 is 0 Å². The van der Waals surface area contributed by atoms with Gasteiger partial charge >= 0.3 is 0 Å². The Bertz CT molecular complexity index is 884. The lowest BCUT2D eigenvalue weighted by Crippen LogP contribution is -2.34. The van der Waals surface area contributed by atoms with Gasteiger partial charge in [-0.3, -0.25) is 4.79 Å². The van der Waals surface area contributed by atoms with Crippen LogP contribution in [0.15, 0.2) is 48.5 Å². The second-order valence-electron chi connectivity index (χ2n) is 6.81. The molecule has 0 aliphatic carbocycles. The van der Waals surface area contributed by atoms with E-state index in [0.717, 1.165) is 17.5 Å². The summed E-state index contributed by atoms with van der Waals surface area (Å²) in [7, 11) is 0. The summed E-state index contributed by atoms with van der Waals surface area (Å²) in [5.41, 5.74) is 4.40. The Balaban J connectivity index is 1.68. The molecule has 1 aromatic heterocycles. The van der Waals surface area contributed by atoms with Crippen molar-refractivity contribution in [2.75, 3.05) is 6.54 Å². The van der Waals surface area contributed by atoms with Gasteiger partial charge in [-0.05, 0) is 31.0 Å². The zero-order valence-corrected chi connectivity index (χ0v) is 16.1. The maximum absolute atomic E-state index is 12.8. The summed E-state index contributed by atoms with van der Waals surface area (Å²) in [5, 5.41) is 12.5. The van der Waals surface area contributed by atoms with Crippen LogP contribution in [0, 0.1) is 13.8 Å². The van der Waals surface area contributed by atoms with Gasteiger partial charge in [0, 0.05) is 18.7 Å². The van der Waals surface area contributed by atoms with Gasteiger partial charge in [0.05, 0.1) is 0 Å². The molecule has 3 aromatic rings. The topological polar surface area (TPSA) is 63.9 Å². The van der Waals surface area contributed by atoms with Gasteiger partial charge in [-0.2, -0.15) is 4.80 Å². The molecule has 0 saturated carbocycles. The van der Waals surface area contributed by atoms with Crippen molar-refractivity contribution in [1.29, 1.82) is 0 Å². The molecule has 27 heavy (non-hydrogen) atoms. The lowest BCUT2D eigenvalue weighted by molar-refractivity contribution is -0.133. The number of aromatic nitrogens is 4. The lowest BCUT2D eigenvalue weighted by atomic mass is 10.1. The standard InChI is InChI=1S/C21H25N5O/c1-4-13-25(14-18-9-5-16(2)6-10-18)20(27)15-26-23-21(22-24-26)19-11-7-17(3)8-12-19/h5-12H,4,13-15H2,1-3H3. The van der Waals surface area contributed by atoms with Crippen LogP contribution < -0.4 is 0 Å². The summed E-state index contributed by atoms with van der Waals surface area (Å²) in [6, 6.07) is 16.2. The number of hydrogen-bond donors (Lipinski definition) is 0. The largest absolute Gasteiger partial charge is 0.337 e. The Kier molecular flexibility index (Phi) is 5.96. The van der Waals surface area contributed by atoms with Gasteiger partial charge in [-0.1, -0.05) is 66.6 Å². The molecule has 0 fully saturated rings. The van der Waals surface area contributed by atoms with Crippen LogP contribution in [0.25, 0.3) is 11.4 Å². The van der Waals surface area contributed by atoms with E-state index in [9.17, 15) is 4.79 Å². The average molecular weight is 363 g/mol. The lowest BCUT2D eigenvalue weighted by Gasteiger charge is -2.22. The highest BCUT2D eigenvalue weighted by atomic mass is 16.2. The Labute approximate surface area is 159 Å². The fourth-order valence-corrected chi connectivity index (χ4v) is 2.83. The van der Waals surface area contributed by atoms with Crippen LogP contribution in [0.5, 0.6) is 0 Å². The minimum atomic E-state index is -0.00900. The van der Waals surface area contributed by atoms with Crippen LogP contribution in [0.2, 0.25) is 0 Å². The SMILES string of the molecule is CCCN(Cc1ccc(C)cc1)C(=O)Cn1nnc(-c2ccc(C)cc2)n1. The van der Waals surface area contributed by atoms with Gasteiger partial charge in [-0.15, -0.1) is 10.2 Å². The minimum absolute atomic E-state index is 0.00900. The average Bonchev–Trinajstić information content (AvgIpc) is 3.12. The van der Waals surface area contributed by atoms with E-state index in [4.69, 9.17) is 0 Å². The van der Waals surface area contributed by atoms with Crippen LogP contribution in [0.4, 0.5) is 0 Å². The summed E-state index contributed by atoms with van der Waals surface area (Å²) in [5.74, 6) is 0.522. The van der Waals surface area contributed by atoms with Gasteiger partial charge in [0.1, 0.15) is 6.54 Å². The molecule has 0 radical (unpaired) electrons. The number of benzene rings is 2. The van der Waals surface area contributed by atoms with Crippen molar-refractivity contribution in [3.63, 3.8) is 0 Å². The Morgan fingerprint density at radius 3 is 2.26 bits per heavy atom. The minimum Gasteiger partial charge on any atom is -0.337 e. The second kappa shape index (κ2) is 8.58. The van der Waals surface area contributed by atoms with Crippen LogP contribution >= 0.6 is 0 Å². The van der Waals surface area contributed by atoms with Gasteiger partial charge in [0.2, 0.25) is 11.7 Å². The molecule has 2 aromatic carbocycles. The van der Waals surface area contributed by atoms with Gasteiger partial charge < -0.3 is 4.90 Å². The van der Waals surface area contributed by atoms with E-state index in [1.165, 1.54) is 15.9 Å². The van der Waals surface area contributed by atoms with Crippen LogP contribution in [-0.2, 0) is 17.9 Å². The Hall–Kier alpha value is -3.02. The third kappa shape index (κ3) is 5.00. The molecule has 6 nitrogen and oxygen atoms in total. The molecule has 0 bridgehead atoms. The van der Waals surface area contributed by atoms with E-state index in [2.05, 4.69) is 53.5 Å². The maximum Gasteiger partial charge on any atom is 0.246 e. The number of carbonyl (C=O) groups is 1. The van der Waals surface area contributed by atoms with Crippen LogP contribution in [-0.4, -0.2) is 37.6 Å². The number of nitrogens with zero attached hydrogens (tertiary/aromatic N) is 5. The molecule has 1 amide bonds. The molecule has 3 rings (SSSR count). The van der Waals surface area contributed by atoms with Crippen LogP contribution in [0.3, 0.4) is 0 Å². The predicted molar refractivity (Wildman–Crippen MR) is 105 cm³/mol. The van der Waals surface area contributed by atoms with E-state index < -0.39 is 0 Å². The summed E-state index contributed by atoms with van der Waals surface area (Å²) >= 11 is 0. The van der Waals surface area contributed by atoms with Gasteiger partial charge in [0.15, 0.2) is 0 Å². The summed E-state index contributed by atoms with van der Waals surface area (Å²) in [6.45, 7) is 7.53. The molecule has 0 aliphatic heterocycles. The fraction of sp³-hybridized carbons (Fsp3) is 0.333. The molecule has 0 spiro atoms. The van der Waals surface area contributed by atoms with Gasteiger partial charge in [-0.25, -0.2) is 0 Å². The first-order valence-corrected chi connectivity index (χ1v) is 9.23. The van der Waals surface area contributed by atoms with E-state index in [1.54, 1.807) is 0 Å². The van der Waals surface area contributed by atoms with Crippen molar-refractivity contribution in [2.24, 2.45) is 0 Å². The first-order valence-electron chi connectivity index (χ1n) is 9.23. The molecule has 0 atom stereocenters. The molecule has 140 valence electrons. The summed E-state index contributed by atoms with van der Waals surface area (Å²) < 4.78 is 0. The smallest absolute Gasteiger partial charge is 0.246 e. The summed E-state index contributed by atoms with van der Waals surface area (Å²) in [6.07, 6.45) is 0.900. The third-order valence-corrected chi connectivity index (χ3v) is 4.38. The van der Waals surface area contributed by atoms with Crippen LogP contribution in [0.1, 0.15) is 30.0 Å².